The molecular formula is C26H27F2N9O3S. The van der Waals surface area contributed by atoms with Crippen molar-refractivity contribution in [1.82, 2.24) is 29.7 Å². The number of rotatable bonds is 5. The number of halogens is 2. The number of hydrogen-bond acceptors (Lipinski definition) is 9. The quantitative estimate of drug-likeness (QED) is 0.447. The summed E-state index contributed by atoms with van der Waals surface area (Å²) >= 11 is 0. The van der Waals surface area contributed by atoms with Crippen molar-refractivity contribution in [2.75, 3.05) is 36.8 Å². The molecule has 0 N–H and O–H groups in total. The summed E-state index contributed by atoms with van der Waals surface area (Å²) in [6, 6.07) is 5.01. The van der Waals surface area contributed by atoms with Crippen LogP contribution in [0.25, 0.3) is 5.82 Å². The van der Waals surface area contributed by atoms with E-state index in [0.717, 1.165) is 12.3 Å². The maximum atomic E-state index is 14.8. The average Bonchev–Trinajstić information content (AvgIpc) is 3.57. The van der Waals surface area contributed by atoms with Crippen molar-refractivity contribution in [1.29, 1.82) is 5.26 Å². The highest BCUT2D eigenvalue weighted by atomic mass is 32.2. The first-order chi connectivity index (χ1) is 19.5. The largest absolute Gasteiger partial charge is 0.341 e. The van der Waals surface area contributed by atoms with E-state index < -0.39 is 27.5 Å². The smallest absolute Gasteiger partial charge is 0.337 e. The number of aromatic nitrogens is 4. The number of hydrazone groups is 1. The monoisotopic (exact) mass is 583 g/mol. The Kier molecular flexibility index (Phi) is 7.43. The number of aryl methyl sites for hydroxylation is 1. The van der Waals surface area contributed by atoms with Crippen LogP contribution in [0.1, 0.15) is 41.9 Å². The average molecular weight is 584 g/mol. The van der Waals surface area contributed by atoms with Crippen LogP contribution in [0.2, 0.25) is 0 Å². The van der Waals surface area contributed by atoms with Gasteiger partial charge in [0, 0.05) is 38.8 Å². The number of urea groups is 1. The Bertz CT molecular complexity index is 1690. The van der Waals surface area contributed by atoms with Crippen molar-refractivity contribution in [2.45, 2.75) is 38.1 Å². The molecule has 1 saturated heterocycles. The van der Waals surface area contributed by atoms with Crippen LogP contribution in [0, 0.1) is 36.8 Å². The highest BCUT2D eigenvalue weighted by Crippen LogP contribution is 2.31. The van der Waals surface area contributed by atoms with Crippen LogP contribution in [0.4, 0.5) is 19.5 Å². The minimum absolute atomic E-state index is 0.0525. The number of hydrogen-bond donors (Lipinski definition) is 0. The third kappa shape index (κ3) is 5.22. The minimum atomic E-state index is -3.58. The van der Waals surface area contributed by atoms with Crippen molar-refractivity contribution < 1.29 is 22.0 Å². The normalized spacial score (nSPS) is 17.3. The Morgan fingerprint density at radius 3 is 2.56 bits per heavy atom. The number of benzene rings is 1. The molecule has 214 valence electrons. The van der Waals surface area contributed by atoms with Crippen molar-refractivity contribution in [2.24, 2.45) is 5.10 Å². The number of sulfone groups is 1. The molecule has 1 atom stereocenters. The van der Waals surface area contributed by atoms with Gasteiger partial charge in [-0.15, -0.1) is 0 Å². The molecule has 1 fully saturated rings. The predicted octanol–water partition coefficient (Wildman–Crippen LogP) is 2.90. The summed E-state index contributed by atoms with van der Waals surface area (Å²) in [6.07, 6.45) is 2.98. The number of carbonyl (C=O) groups is 1. The zero-order valence-electron chi connectivity index (χ0n) is 22.6. The summed E-state index contributed by atoms with van der Waals surface area (Å²) in [7, 11) is -3.58. The highest BCUT2D eigenvalue weighted by Gasteiger charge is 2.34. The first kappa shape index (κ1) is 28.1. The molecule has 0 aliphatic carbocycles. The van der Waals surface area contributed by atoms with E-state index in [4.69, 9.17) is 0 Å². The van der Waals surface area contributed by atoms with Gasteiger partial charge >= 0.3 is 6.03 Å². The van der Waals surface area contributed by atoms with Gasteiger partial charge in [-0.25, -0.2) is 36.7 Å². The molecule has 0 bridgehead atoms. The first-order valence-corrected chi connectivity index (χ1v) is 14.6. The van der Waals surface area contributed by atoms with Crippen molar-refractivity contribution in [3.8, 4) is 11.9 Å². The second kappa shape index (κ2) is 10.8. The van der Waals surface area contributed by atoms with Crippen molar-refractivity contribution >= 4 is 28.0 Å². The van der Waals surface area contributed by atoms with E-state index in [9.17, 15) is 27.3 Å². The molecule has 2 aliphatic rings. The fraction of sp³-hybridized carbons (Fsp3) is 0.385. The number of carbonyl (C=O) groups excluding carboxylic acids is 1. The standard InChI is InChI=1S/C26H27F2N9O3S/c1-4-41(39,40)23-16(2)33-36(17(23)3)24-21(28)15-30-25(32-24)34-7-9-35(10-8-34)26(38)37-22(5-6-31-37)19-11-18(14-29)12-20(27)13-19/h6,11-13,15,22H,4-5,7-10H2,1-3H3. The van der Waals surface area contributed by atoms with E-state index in [1.54, 1.807) is 35.9 Å². The van der Waals surface area contributed by atoms with Gasteiger partial charge in [0.15, 0.2) is 21.5 Å². The fourth-order valence-corrected chi connectivity index (χ4v) is 6.38. The molecule has 1 aromatic carbocycles. The number of anilines is 1. The lowest BCUT2D eigenvalue weighted by Crippen LogP contribution is -2.52. The topological polar surface area (TPSA) is 141 Å². The van der Waals surface area contributed by atoms with Gasteiger partial charge in [-0.05, 0) is 37.6 Å². The molecule has 4 heterocycles. The third-order valence-corrected chi connectivity index (χ3v) is 9.10. The van der Waals surface area contributed by atoms with Crippen LogP contribution in [-0.2, 0) is 9.84 Å². The highest BCUT2D eigenvalue weighted by molar-refractivity contribution is 7.91. The van der Waals surface area contributed by atoms with Gasteiger partial charge in [0.1, 0.15) is 10.7 Å². The van der Waals surface area contributed by atoms with E-state index in [0.29, 0.717) is 38.2 Å². The van der Waals surface area contributed by atoms with Crippen molar-refractivity contribution in [3.63, 3.8) is 0 Å². The number of nitrogens with zero attached hydrogens (tertiary/aromatic N) is 9. The Morgan fingerprint density at radius 2 is 1.88 bits per heavy atom. The van der Waals surface area contributed by atoms with Crippen LogP contribution < -0.4 is 4.90 Å². The summed E-state index contributed by atoms with van der Waals surface area (Å²) in [6.45, 7) is 5.88. The molecule has 2 aromatic heterocycles. The Hall–Kier alpha value is -4.45. The summed E-state index contributed by atoms with van der Waals surface area (Å²) in [5.74, 6) is -1.40. The summed E-state index contributed by atoms with van der Waals surface area (Å²) in [5.41, 5.74) is 1.15. The van der Waals surface area contributed by atoms with Gasteiger partial charge in [-0.1, -0.05) is 6.92 Å². The Labute approximate surface area is 235 Å². The Morgan fingerprint density at radius 1 is 1.15 bits per heavy atom. The van der Waals surface area contributed by atoms with E-state index in [1.807, 2.05) is 6.07 Å². The number of piperazine rings is 1. The van der Waals surface area contributed by atoms with Gasteiger partial charge in [0.2, 0.25) is 5.95 Å². The zero-order chi connectivity index (χ0) is 29.5. The number of amides is 2. The minimum Gasteiger partial charge on any atom is -0.337 e. The molecule has 1 unspecified atom stereocenters. The van der Waals surface area contributed by atoms with Gasteiger partial charge in [0.25, 0.3) is 0 Å². The van der Waals surface area contributed by atoms with Crippen LogP contribution in [-0.4, -0.2) is 82.3 Å². The van der Waals surface area contributed by atoms with Crippen LogP contribution in [0.3, 0.4) is 0 Å². The fourth-order valence-electron chi connectivity index (χ4n) is 5.07. The molecule has 0 spiro atoms. The van der Waals surface area contributed by atoms with E-state index in [1.165, 1.54) is 22.7 Å². The predicted molar refractivity (Wildman–Crippen MR) is 144 cm³/mol. The molecule has 41 heavy (non-hydrogen) atoms. The molecule has 0 saturated carbocycles. The lowest BCUT2D eigenvalue weighted by Gasteiger charge is -2.37. The molecule has 15 heteroatoms. The third-order valence-electron chi connectivity index (χ3n) is 7.12. The molecule has 0 radical (unpaired) electrons. The molecule has 2 aliphatic heterocycles. The SMILES string of the molecule is CCS(=O)(=O)c1c(C)nn(-c2nc(N3CCN(C(=O)N4N=CCC4c4cc(F)cc(C#N)c4)CC3)ncc2F)c1C. The molecular weight excluding hydrogens is 556 g/mol. The van der Waals surface area contributed by atoms with Gasteiger partial charge in [-0.2, -0.15) is 20.4 Å². The van der Waals surface area contributed by atoms with E-state index >= 15 is 0 Å². The molecule has 3 aromatic rings. The van der Waals surface area contributed by atoms with Gasteiger partial charge in [0.05, 0.1) is 41.0 Å². The first-order valence-electron chi connectivity index (χ1n) is 12.9. The van der Waals surface area contributed by atoms with Gasteiger partial charge < -0.3 is 9.80 Å². The molecule has 2 amide bonds. The molecule has 12 nitrogen and oxygen atoms in total. The van der Waals surface area contributed by atoms with Crippen LogP contribution in [0.5, 0.6) is 0 Å². The summed E-state index contributed by atoms with van der Waals surface area (Å²) in [4.78, 5) is 25.3. The molecule has 5 rings (SSSR count). The number of nitriles is 1. The maximum absolute atomic E-state index is 14.8. The lowest BCUT2D eigenvalue weighted by atomic mass is 10.0. The van der Waals surface area contributed by atoms with Crippen LogP contribution in [0.15, 0.2) is 34.4 Å². The maximum Gasteiger partial charge on any atom is 0.341 e. The lowest BCUT2D eigenvalue weighted by molar-refractivity contribution is 0.139. The van der Waals surface area contributed by atoms with E-state index in [2.05, 4.69) is 20.2 Å². The van der Waals surface area contributed by atoms with Crippen molar-refractivity contribution in [3.05, 3.63) is 58.5 Å². The van der Waals surface area contributed by atoms with Crippen LogP contribution >= 0.6 is 0 Å². The Balaban J connectivity index is 1.32. The van der Waals surface area contributed by atoms with Gasteiger partial charge in [-0.3, -0.25) is 0 Å². The van der Waals surface area contributed by atoms with E-state index in [-0.39, 0.29) is 45.4 Å². The zero-order valence-corrected chi connectivity index (χ0v) is 23.4. The summed E-state index contributed by atoms with van der Waals surface area (Å²) in [5, 5.41) is 18.9. The summed E-state index contributed by atoms with van der Waals surface area (Å²) < 4.78 is 55.2. The second-order valence-corrected chi connectivity index (χ2v) is 11.9. The second-order valence-electron chi connectivity index (χ2n) is 9.69.